The van der Waals surface area contributed by atoms with Crippen molar-refractivity contribution in [2.45, 2.75) is 17.1 Å². The molecule has 2 heterocycles. The van der Waals surface area contributed by atoms with Crippen LogP contribution in [0.4, 0.5) is 0 Å². The van der Waals surface area contributed by atoms with E-state index in [1.807, 2.05) is 6.92 Å². The molecule has 0 saturated carbocycles. The summed E-state index contributed by atoms with van der Waals surface area (Å²) in [6, 6.07) is 6.76. The van der Waals surface area contributed by atoms with Crippen molar-refractivity contribution in [1.29, 1.82) is 5.26 Å². The molecule has 0 aliphatic rings. The van der Waals surface area contributed by atoms with Crippen molar-refractivity contribution >= 4 is 11.8 Å². The summed E-state index contributed by atoms with van der Waals surface area (Å²) < 4.78 is 0. The number of nitrogens with one attached hydrogen (secondary N) is 1. The fraction of sp³-hybridized carbons (Fsp3) is 0.0909. The maximum atomic E-state index is 11.1. The Hall–Kier alpha value is -2.13. The zero-order valence-electron chi connectivity index (χ0n) is 8.97. The van der Waals surface area contributed by atoms with Gasteiger partial charge in [0.05, 0.1) is 11.6 Å². The summed E-state index contributed by atoms with van der Waals surface area (Å²) in [4.78, 5) is 21.9. The molecule has 0 spiro atoms. The minimum atomic E-state index is -0.212. The minimum Gasteiger partial charge on any atom is -0.301 e. The van der Waals surface area contributed by atoms with Crippen LogP contribution in [0.15, 0.2) is 39.4 Å². The van der Waals surface area contributed by atoms with Crippen LogP contribution in [0.5, 0.6) is 0 Å². The second-order valence-corrected chi connectivity index (χ2v) is 4.30. The van der Waals surface area contributed by atoms with E-state index in [2.05, 4.69) is 21.0 Å². The van der Waals surface area contributed by atoms with Crippen molar-refractivity contribution in [2.24, 2.45) is 0 Å². The lowest BCUT2D eigenvalue weighted by atomic mass is 10.2. The van der Waals surface area contributed by atoms with E-state index in [-0.39, 0.29) is 5.56 Å². The van der Waals surface area contributed by atoms with Gasteiger partial charge >= 0.3 is 0 Å². The van der Waals surface area contributed by atoms with E-state index in [4.69, 9.17) is 5.26 Å². The number of aryl methyl sites for hydroxylation is 1. The zero-order chi connectivity index (χ0) is 12.3. The molecule has 0 aliphatic carbocycles. The number of nitriles is 1. The Bertz CT molecular complexity index is 644. The molecule has 2 aromatic rings. The summed E-state index contributed by atoms with van der Waals surface area (Å²) >= 11 is 1.22. The summed E-state index contributed by atoms with van der Waals surface area (Å²) in [5.41, 5.74) is 1.08. The molecule has 0 radical (unpaired) electrons. The number of rotatable bonds is 2. The summed E-state index contributed by atoms with van der Waals surface area (Å²) in [5.74, 6) is 0. The van der Waals surface area contributed by atoms with Gasteiger partial charge in [-0.05, 0) is 30.8 Å². The topological polar surface area (TPSA) is 82.4 Å². The smallest absolute Gasteiger partial charge is 0.251 e. The highest BCUT2D eigenvalue weighted by atomic mass is 32.2. The van der Waals surface area contributed by atoms with Gasteiger partial charge in [-0.25, -0.2) is 9.97 Å². The Morgan fingerprint density at radius 1 is 1.47 bits per heavy atom. The van der Waals surface area contributed by atoms with E-state index >= 15 is 0 Å². The van der Waals surface area contributed by atoms with E-state index in [0.29, 0.717) is 15.7 Å². The van der Waals surface area contributed by atoms with Gasteiger partial charge in [0.1, 0.15) is 5.03 Å². The van der Waals surface area contributed by atoms with Crippen LogP contribution in [0.3, 0.4) is 0 Å². The predicted octanol–water partition coefficient (Wildman–Crippen LogP) is 1.50. The third kappa shape index (κ3) is 2.92. The van der Waals surface area contributed by atoms with Crippen molar-refractivity contribution in [1.82, 2.24) is 15.0 Å². The highest BCUT2D eigenvalue weighted by Gasteiger charge is 2.04. The van der Waals surface area contributed by atoms with Crippen LogP contribution in [0.2, 0.25) is 0 Å². The molecular weight excluding hydrogens is 236 g/mol. The Kier molecular flexibility index (Phi) is 3.21. The fourth-order valence-electron chi connectivity index (χ4n) is 1.26. The van der Waals surface area contributed by atoms with Crippen molar-refractivity contribution in [2.75, 3.05) is 0 Å². The van der Waals surface area contributed by atoms with Gasteiger partial charge in [0.2, 0.25) is 0 Å². The normalized spacial score (nSPS) is 9.88. The monoisotopic (exact) mass is 244 g/mol. The fourth-order valence-corrected chi connectivity index (χ4v) is 2.10. The van der Waals surface area contributed by atoms with Crippen molar-refractivity contribution in [3.63, 3.8) is 0 Å². The summed E-state index contributed by atoms with van der Waals surface area (Å²) in [6.45, 7) is 1.81. The van der Waals surface area contributed by atoms with Crippen LogP contribution in [-0.2, 0) is 0 Å². The number of pyridine rings is 1. The molecule has 0 atom stereocenters. The van der Waals surface area contributed by atoms with Crippen LogP contribution in [0.25, 0.3) is 0 Å². The van der Waals surface area contributed by atoms with Crippen LogP contribution >= 0.6 is 11.8 Å². The van der Waals surface area contributed by atoms with Gasteiger partial charge < -0.3 is 4.98 Å². The molecule has 84 valence electrons. The van der Waals surface area contributed by atoms with Gasteiger partial charge in [0, 0.05) is 18.0 Å². The molecule has 0 aromatic carbocycles. The molecule has 0 amide bonds. The standard InChI is InChI=1S/C11H8N4OS/c1-7-4-8(6-12)5-10(14-7)17-11-13-3-2-9(16)15-11/h2-5H,1H3,(H,13,15,16). The number of nitrogens with zero attached hydrogens (tertiary/aromatic N) is 3. The number of hydrogen-bond donors (Lipinski definition) is 1. The van der Waals surface area contributed by atoms with Gasteiger partial charge in [-0.2, -0.15) is 5.26 Å². The lowest BCUT2D eigenvalue weighted by Crippen LogP contribution is -2.05. The molecular formula is C11H8N4OS. The van der Waals surface area contributed by atoms with E-state index in [1.54, 1.807) is 12.1 Å². The van der Waals surface area contributed by atoms with Crippen molar-refractivity contribution in [3.05, 3.63) is 46.0 Å². The van der Waals surface area contributed by atoms with E-state index in [1.165, 1.54) is 24.0 Å². The SMILES string of the molecule is Cc1cc(C#N)cc(Sc2nccc(=O)[nH]2)n1. The van der Waals surface area contributed by atoms with Gasteiger partial charge in [0.15, 0.2) is 5.16 Å². The molecule has 5 nitrogen and oxygen atoms in total. The molecule has 0 aliphatic heterocycles. The maximum Gasteiger partial charge on any atom is 0.251 e. The Balaban J connectivity index is 2.33. The number of hydrogen-bond acceptors (Lipinski definition) is 5. The number of H-pyrrole nitrogens is 1. The third-order valence-corrected chi connectivity index (χ3v) is 2.73. The Morgan fingerprint density at radius 3 is 3.00 bits per heavy atom. The summed E-state index contributed by atoms with van der Waals surface area (Å²) in [7, 11) is 0. The molecule has 2 aromatic heterocycles. The van der Waals surface area contributed by atoms with Gasteiger partial charge in [0.25, 0.3) is 5.56 Å². The summed E-state index contributed by atoms with van der Waals surface area (Å²) in [6.07, 6.45) is 1.43. The van der Waals surface area contributed by atoms with Gasteiger partial charge in [-0.1, -0.05) is 0 Å². The highest BCUT2D eigenvalue weighted by molar-refractivity contribution is 7.99. The molecule has 0 saturated heterocycles. The molecule has 0 unspecified atom stereocenters. The third-order valence-electron chi connectivity index (χ3n) is 1.91. The molecule has 0 fully saturated rings. The minimum absolute atomic E-state index is 0.212. The Labute approximate surface area is 102 Å². The first kappa shape index (κ1) is 11.4. The number of aromatic amines is 1. The first-order valence-corrected chi connectivity index (χ1v) is 5.61. The lowest BCUT2D eigenvalue weighted by molar-refractivity contribution is 0.929. The Morgan fingerprint density at radius 2 is 2.29 bits per heavy atom. The maximum absolute atomic E-state index is 11.1. The van der Waals surface area contributed by atoms with Crippen molar-refractivity contribution < 1.29 is 0 Å². The average molecular weight is 244 g/mol. The van der Waals surface area contributed by atoms with E-state index < -0.39 is 0 Å². The van der Waals surface area contributed by atoms with E-state index in [9.17, 15) is 4.79 Å². The lowest BCUT2D eigenvalue weighted by Gasteiger charge is -2.01. The van der Waals surface area contributed by atoms with Crippen LogP contribution in [0, 0.1) is 18.3 Å². The molecule has 1 N–H and O–H groups in total. The first-order chi connectivity index (χ1) is 8.17. The van der Waals surface area contributed by atoms with E-state index in [0.717, 1.165) is 5.69 Å². The second kappa shape index (κ2) is 4.80. The van der Waals surface area contributed by atoms with Crippen molar-refractivity contribution in [3.8, 4) is 6.07 Å². The summed E-state index contributed by atoms with van der Waals surface area (Å²) in [5, 5.41) is 9.93. The predicted molar refractivity (Wildman–Crippen MR) is 62.7 cm³/mol. The average Bonchev–Trinajstić information content (AvgIpc) is 2.28. The highest BCUT2D eigenvalue weighted by Crippen LogP contribution is 2.22. The molecule has 17 heavy (non-hydrogen) atoms. The van der Waals surface area contributed by atoms with Gasteiger partial charge in [-0.3, -0.25) is 4.79 Å². The zero-order valence-corrected chi connectivity index (χ0v) is 9.78. The van der Waals surface area contributed by atoms with Crippen LogP contribution < -0.4 is 5.56 Å². The number of aromatic nitrogens is 3. The molecule has 6 heteroatoms. The second-order valence-electron chi connectivity index (χ2n) is 3.29. The van der Waals surface area contributed by atoms with Gasteiger partial charge in [-0.15, -0.1) is 0 Å². The van der Waals surface area contributed by atoms with Crippen LogP contribution in [0.1, 0.15) is 11.3 Å². The molecule has 0 bridgehead atoms. The van der Waals surface area contributed by atoms with Crippen LogP contribution in [-0.4, -0.2) is 15.0 Å². The first-order valence-electron chi connectivity index (χ1n) is 4.79. The quantitative estimate of drug-likeness (QED) is 0.809. The molecule has 2 rings (SSSR count). The largest absolute Gasteiger partial charge is 0.301 e.